The molecule has 0 aromatic carbocycles. The summed E-state index contributed by atoms with van der Waals surface area (Å²) in [6, 6.07) is 0. The number of likely N-dealkylation sites (tertiary alicyclic amines) is 1. The monoisotopic (exact) mass is 267 g/mol. The van der Waals surface area contributed by atoms with Gasteiger partial charge in [-0.1, -0.05) is 32.8 Å². The van der Waals surface area contributed by atoms with Gasteiger partial charge in [0.25, 0.3) is 0 Å². The molecule has 4 nitrogen and oxygen atoms in total. The SMILES string of the molecule is CCC/C(=C\N(CC(=O)N1CCCC1)NC)C(C)C. The maximum Gasteiger partial charge on any atom is 0.243 e. The molecule has 0 spiro atoms. The third kappa shape index (κ3) is 5.23. The van der Waals surface area contributed by atoms with Gasteiger partial charge in [0.05, 0.1) is 0 Å². The molecule has 1 heterocycles. The van der Waals surface area contributed by atoms with Crippen LogP contribution < -0.4 is 5.43 Å². The Bertz CT molecular complexity index is 307. The number of amides is 1. The predicted molar refractivity (Wildman–Crippen MR) is 79.4 cm³/mol. The molecule has 1 saturated heterocycles. The van der Waals surface area contributed by atoms with Crippen LogP contribution in [0.1, 0.15) is 46.5 Å². The first-order valence-corrected chi connectivity index (χ1v) is 7.50. The van der Waals surface area contributed by atoms with Crippen molar-refractivity contribution >= 4 is 5.91 Å². The van der Waals surface area contributed by atoms with Gasteiger partial charge in [0.1, 0.15) is 6.54 Å². The van der Waals surface area contributed by atoms with E-state index in [4.69, 9.17) is 0 Å². The van der Waals surface area contributed by atoms with Crippen LogP contribution in [0.3, 0.4) is 0 Å². The molecule has 1 fully saturated rings. The minimum atomic E-state index is 0.225. The molecule has 1 aliphatic rings. The molecule has 0 aromatic rings. The molecule has 110 valence electrons. The average molecular weight is 267 g/mol. The summed E-state index contributed by atoms with van der Waals surface area (Å²) in [4.78, 5) is 14.1. The van der Waals surface area contributed by atoms with Gasteiger partial charge in [0, 0.05) is 26.3 Å². The fraction of sp³-hybridized carbons (Fsp3) is 0.800. The smallest absolute Gasteiger partial charge is 0.243 e. The number of carbonyl (C=O) groups is 1. The Hall–Kier alpha value is -1.03. The quantitative estimate of drug-likeness (QED) is 0.719. The van der Waals surface area contributed by atoms with E-state index in [1.54, 1.807) is 0 Å². The summed E-state index contributed by atoms with van der Waals surface area (Å²) in [5.41, 5.74) is 4.50. The van der Waals surface area contributed by atoms with Crippen LogP contribution in [0.2, 0.25) is 0 Å². The highest BCUT2D eigenvalue weighted by molar-refractivity contribution is 5.78. The lowest BCUT2D eigenvalue weighted by Gasteiger charge is -2.24. The number of allylic oxidation sites excluding steroid dienone is 1. The molecule has 0 bridgehead atoms. The zero-order chi connectivity index (χ0) is 14.3. The standard InChI is InChI=1S/C15H29N3O/c1-5-8-14(13(2)3)11-18(16-4)12-15(19)17-9-6-7-10-17/h11,13,16H,5-10,12H2,1-4H3/b14-11+. The second-order valence-electron chi connectivity index (χ2n) is 5.55. The van der Waals surface area contributed by atoms with Crippen molar-refractivity contribution in [3.05, 3.63) is 11.8 Å². The molecule has 19 heavy (non-hydrogen) atoms. The minimum Gasteiger partial charge on any atom is -0.341 e. The van der Waals surface area contributed by atoms with Gasteiger partial charge in [-0.25, -0.2) is 5.43 Å². The highest BCUT2D eigenvalue weighted by Gasteiger charge is 2.19. The van der Waals surface area contributed by atoms with E-state index in [9.17, 15) is 4.79 Å². The molecular formula is C15H29N3O. The summed E-state index contributed by atoms with van der Waals surface area (Å²) in [7, 11) is 1.87. The van der Waals surface area contributed by atoms with Crippen LogP contribution in [0.5, 0.6) is 0 Å². The molecule has 0 aromatic heterocycles. The number of hydrogen-bond donors (Lipinski definition) is 1. The molecule has 0 saturated carbocycles. The van der Waals surface area contributed by atoms with E-state index in [1.165, 1.54) is 5.57 Å². The number of rotatable bonds is 7. The third-order valence-electron chi connectivity index (χ3n) is 3.65. The Balaban J connectivity index is 2.60. The van der Waals surface area contributed by atoms with Crippen molar-refractivity contribution in [2.75, 3.05) is 26.7 Å². The van der Waals surface area contributed by atoms with Crippen molar-refractivity contribution in [2.45, 2.75) is 46.5 Å². The van der Waals surface area contributed by atoms with Crippen molar-refractivity contribution in [1.29, 1.82) is 0 Å². The van der Waals surface area contributed by atoms with E-state index in [0.717, 1.165) is 38.8 Å². The van der Waals surface area contributed by atoms with Crippen LogP contribution >= 0.6 is 0 Å². The molecule has 1 rings (SSSR count). The number of carbonyl (C=O) groups excluding carboxylic acids is 1. The number of nitrogens with zero attached hydrogens (tertiary/aromatic N) is 2. The molecule has 1 amide bonds. The van der Waals surface area contributed by atoms with Crippen LogP contribution in [0.15, 0.2) is 11.8 Å². The van der Waals surface area contributed by atoms with Gasteiger partial charge < -0.3 is 9.91 Å². The lowest BCUT2D eigenvalue weighted by atomic mass is 10.00. The molecule has 4 heteroatoms. The summed E-state index contributed by atoms with van der Waals surface area (Å²) in [5.74, 6) is 0.750. The van der Waals surface area contributed by atoms with Gasteiger partial charge in [0.2, 0.25) is 5.91 Å². The fourth-order valence-electron chi connectivity index (χ4n) is 2.39. The van der Waals surface area contributed by atoms with E-state index in [0.29, 0.717) is 12.5 Å². The molecule has 1 aliphatic heterocycles. The molecule has 0 unspecified atom stereocenters. The van der Waals surface area contributed by atoms with E-state index >= 15 is 0 Å². The topological polar surface area (TPSA) is 35.6 Å². The Labute approximate surface area is 117 Å². The zero-order valence-corrected chi connectivity index (χ0v) is 12.9. The lowest BCUT2D eigenvalue weighted by molar-refractivity contribution is -0.131. The summed E-state index contributed by atoms with van der Waals surface area (Å²) in [6.07, 6.45) is 6.64. The summed E-state index contributed by atoms with van der Waals surface area (Å²) in [6.45, 7) is 8.87. The molecular weight excluding hydrogens is 238 g/mol. The molecule has 0 aliphatic carbocycles. The second kappa shape index (κ2) is 8.20. The number of hydrogen-bond acceptors (Lipinski definition) is 3. The number of nitrogens with one attached hydrogen (secondary N) is 1. The van der Waals surface area contributed by atoms with E-state index in [-0.39, 0.29) is 5.91 Å². The summed E-state index contributed by atoms with van der Waals surface area (Å²) < 4.78 is 0. The van der Waals surface area contributed by atoms with E-state index < -0.39 is 0 Å². The van der Waals surface area contributed by atoms with Gasteiger partial charge in [-0.2, -0.15) is 0 Å². The highest BCUT2D eigenvalue weighted by Crippen LogP contribution is 2.16. The number of hydrazine groups is 1. The van der Waals surface area contributed by atoms with Crippen molar-refractivity contribution in [2.24, 2.45) is 5.92 Å². The second-order valence-corrected chi connectivity index (χ2v) is 5.55. The van der Waals surface area contributed by atoms with Crippen molar-refractivity contribution in [1.82, 2.24) is 15.3 Å². The Morgan fingerprint density at radius 2 is 2.00 bits per heavy atom. The maximum absolute atomic E-state index is 12.1. The van der Waals surface area contributed by atoms with Crippen LogP contribution in [0.4, 0.5) is 0 Å². The Kier molecular flexibility index (Phi) is 6.92. The normalized spacial score (nSPS) is 16.3. The van der Waals surface area contributed by atoms with Gasteiger partial charge >= 0.3 is 0 Å². The minimum absolute atomic E-state index is 0.225. The lowest BCUT2D eigenvalue weighted by Crippen LogP contribution is -2.41. The third-order valence-corrected chi connectivity index (χ3v) is 3.65. The Morgan fingerprint density at radius 3 is 2.47 bits per heavy atom. The fourth-order valence-corrected chi connectivity index (χ4v) is 2.39. The maximum atomic E-state index is 12.1. The van der Waals surface area contributed by atoms with Gasteiger partial charge in [-0.05, 0) is 25.2 Å². The van der Waals surface area contributed by atoms with Crippen LogP contribution in [-0.2, 0) is 4.79 Å². The Morgan fingerprint density at radius 1 is 1.37 bits per heavy atom. The summed E-state index contributed by atoms with van der Waals surface area (Å²) in [5, 5.41) is 1.92. The van der Waals surface area contributed by atoms with Gasteiger partial charge in [-0.15, -0.1) is 0 Å². The van der Waals surface area contributed by atoms with Crippen LogP contribution in [0, 0.1) is 5.92 Å². The van der Waals surface area contributed by atoms with Crippen molar-refractivity contribution in [3.8, 4) is 0 Å². The van der Waals surface area contributed by atoms with Crippen molar-refractivity contribution in [3.63, 3.8) is 0 Å². The van der Waals surface area contributed by atoms with Crippen LogP contribution in [-0.4, -0.2) is 42.5 Å². The van der Waals surface area contributed by atoms with E-state index in [1.807, 2.05) is 17.0 Å². The van der Waals surface area contributed by atoms with Gasteiger partial charge in [0.15, 0.2) is 0 Å². The first kappa shape index (κ1) is 16.0. The predicted octanol–water partition coefficient (Wildman–Crippen LogP) is 2.39. The molecule has 0 atom stereocenters. The van der Waals surface area contributed by atoms with Gasteiger partial charge in [-0.3, -0.25) is 4.79 Å². The largest absolute Gasteiger partial charge is 0.341 e. The zero-order valence-electron chi connectivity index (χ0n) is 12.9. The highest BCUT2D eigenvalue weighted by atomic mass is 16.2. The molecule has 1 N–H and O–H groups in total. The molecule has 0 radical (unpaired) electrons. The van der Waals surface area contributed by atoms with Crippen LogP contribution in [0.25, 0.3) is 0 Å². The first-order valence-electron chi connectivity index (χ1n) is 7.50. The average Bonchev–Trinajstić information content (AvgIpc) is 2.90. The first-order chi connectivity index (χ1) is 9.08. The van der Waals surface area contributed by atoms with E-state index in [2.05, 4.69) is 32.4 Å². The summed E-state index contributed by atoms with van der Waals surface area (Å²) >= 11 is 0. The van der Waals surface area contributed by atoms with Crippen molar-refractivity contribution < 1.29 is 4.79 Å².